The molecule has 0 amide bonds. The van der Waals surface area contributed by atoms with Gasteiger partial charge in [-0.15, -0.1) is 0 Å². The number of rotatable bonds is 5. The summed E-state index contributed by atoms with van der Waals surface area (Å²) < 4.78 is 26.9. The van der Waals surface area contributed by atoms with Crippen molar-refractivity contribution in [2.45, 2.75) is 24.7 Å². The zero-order chi connectivity index (χ0) is 17.2. The first-order valence-corrected chi connectivity index (χ1v) is 8.29. The molecule has 0 aliphatic carbocycles. The molecular weight excluding hydrogens is 320 g/mol. The molecular formula is C15H16N2O5S. The van der Waals surface area contributed by atoms with E-state index in [9.17, 15) is 23.6 Å². The molecule has 0 atom stereocenters. The molecule has 8 heteroatoms. The molecule has 0 saturated carbocycles. The standard InChI is InChI=1S/C15H16N2O5S/c1-10(2)11-3-5-12(6-4-11)16-23(21,22)13-7-8-15(18)14(9-13)17(19)20/h3-10,16,18H,1-2H3. The topological polar surface area (TPSA) is 110 Å². The predicted molar refractivity (Wildman–Crippen MR) is 86.1 cm³/mol. The minimum absolute atomic E-state index is 0.296. The molecule has 2 N–H and O–H groups in total. The molecule has 0 aliphatic heterocycles. The molecule has 2 rings (SSSR count). The number of nitro benzene ring substituents is 1. The molecule has 0 spiro atoms. The Morgan fingerprint density at radius 2 is 1.74 bits per heavy atom. The zero-order valence-electron chi connectivity index (χ0n) is 12.6. The lowest BCUT2D eigenvalue weighted by atomic mass is 10.0. The Morgan fingerprint density at radius 3 is 2.26 bits per heavy atom. The lowest BCUT2D eigenvalue weighted by molar-refractivity contribution is -0.386. The molecule has 0 radical (unpaired) electrons. The highest BCUT2D eigenvalue weighted by molar-refractivity contribution is 7.92. The number of benzene rings is 2. The van der Waals surface area contributed by atoms with Crippen LogP contribution in [0.3, 0.4) is 0 Å². The van der Waals surface area contributed by atoms with Crippen LogP contribution in [0, 0.1) is 10.1 Å². The second kappa shape index (κ2) is 6.25. The summed E-state index contributed by atoms with van der Waals surface area (Å²) in [6.45, 7) is 4.05. The van der Waals surface area contributed by atoms with Crippen LogP contribution in [0.1, 0.15) is 25.3 Å². The van der Waals surface area contributed by atoms with Crippen molar-refractivity contribution in [1.29, 1.82) is 0 Å². The lowest BCUT2D eigenvalue weighted by Crippen LogP contribution is -2.13. The van der Waals surface area contributed by atoms with E-state index in [-0.39, 0.29) is 4.90 Å². The largest absolute Gasteiger partial charge is 0.502 e. The minimum Gasteiger partial charge on any atom is -0.502 e. The van der Waals surface area contributed by atoms with Crippen LogP contribution in [0.25, 0.3) is 0 Å². The first kappa shape index (κ1) is 16.8. The van der Waals surface area contributed by atoms with Gasteiger partial charge >= 0.3 is 5.69 Å². The fourth-order valence-corrected chi connectivity index (χ4v) is 3.04. The molecule has 0 heterocycles. The molecule has 0 fully saturated rings. The van der Waals surface area contributed by atoms with Crippen LogP contribution in [0.4, 0.5) is 11.4 Å². The number of nitrogens with zero attached hydrogens (tertiary/aromatic N) is 1. The van der Waals surface area contributed by atoms with E-state index in [0.717, 1.165) is 23.8 Å². The van der Waals surface area contributed by atoms with E-state index in [0.29, 0.717) is 11.6 Å². The Kier molecular flexibility index (Phi) is 4.55. The molecule has 0 bridgehead atoms. The van der Waals surface area contributed by atoms with E-state index in [2.05, 4.69) is 4.72 Å². The van der Waals surface area contributed by atoms with Gasteiger partial charge in [-0.3, -0.25) is 14.8 Å². The van der Waals surface area contributed by atoms with Gasteiger partial charge in [0.25, 0.3) is 10.0 Å². The maximum absolute atomic E-state index is 12.3. The monoisotopic (exact) mass is 336 g/mol. The number of nitro groups is 1. The van der Waals surface area contributed by atoms with E-state index in [4.69, 9.17) is 0 Å². The highest BCUT2D eigenvalue weighted by Crippen LogP contribution is 2.29. The summed E-state index contributed by atoms with van der Waals surface area (Å²) in [5, 5.41) is 20.2. The van der Waals surface area contributed by atoms with Crippen LogP contribution in [0.15, 0.2) is 47.4 Å². The Labute approximate surface area is 133 Å². The van der Waals surface area contributed by atoms with Crippen molar-refractivity contribution >= 4 is 21.4 Å². The summed E-state index contributed by atoms with van der Waals surface area (Å²) in [4.78, 5) is 9.65. The van der Waals surface area contributed by atoms with E-state index in [1.165, 1.54) is 0 Å². The summed E-state index contributed by atoms with van der Waals surface area (Å²) in [6, 6.07) is 9.77. The van der Waals surface area contributed by atoms with Crippen molar-refractivity contribution in [1.82, 2.24) is 0 Å². The van der Waals surface area contributed by atoms with Gasteiger partial charge < -0.3 is 5.11 Å². The highest BCUT2D eigenvalue weighted by atomic mass is 32.2. The van der Waals surface area contributed by atoms with Gasteiger partial charge in [0, 0.05) is 11.8 Å². The molecule has 0 aliphatic rings. The normalized spacial score (nSPS) is 11.4. The van der Waals surface area contributed by atoms with E-state index in [1.807, 2.05) is 26.0 Å². The van der Waals surface area contributed by atoms with Crippen LogP contribution in [0.2, 0.25) is 0 Å². The van der Waals surface area contributed by atoms with Crippen LogP contribution < -0.4 is 4.72 Å². The Hall–Kier alpha value is -2.61. The average Bonchev–Trinajstić information content (AvgIpc) is 2.47. The summed E-state index contributed by atoms with van der Waals surface area (Å²) >= 11 is 0. The fourth-order valence-electron chi connectivity index (χ4n) is 1.97. The molecule has 2 aromatic carbocycles. The maximum Gasteiger partial charge on any atom is 0.312 e. The number of sulfonamides is 1. The fraction of sp³-hybridized carbons (Fsp3) is 0.200. The molecule has 0 aromatic heterocycles. The van der Waals surface area contributed by atoms with Gasteiger partial charge in [0.05, 0.1) is 9.82 Å². The first-order chi connectivity index (χ1) is 10.7. The maximum atomic E-state index is 12.3. The van der Waals surface area contributed by atoms with Crippen molar-refractivity contribution < 1.29 is 18.4 Å². The van der Waals surface area contributed by atoms with Crippen molar-refractivity contribution in [2.75, 3.05) is 4.72 Å². The zero-order valence-corrected chi connectivity index (χ0v) is 13.4. The van der Waals surface area contributed by atoms with Gasteiger partial charge in [-0.1, -0.05) is 26.0 Å². The number of hydrogen-bond donors (Lipinski definition) is 2. The number of hydrogen-bond acceptors (Lipinski definition) is 5. The average molecular weight is 336 g/mol. The third-order valence-corrected chi connectivity index (χ3v) is 4.66. The van der Waals surface area contributed by atoms with E-state index < -0.39 is 26.4 Å². The second-order valence-corrected chi connectivity index (χ2v) is 6.97. The molecule has 7 nitrogen and oxygen atoms in total. The number of phenols is 1. The van der Waals surface area contributed by atoms with Crippen LogP contribution in [0.5, 0.6) is 5.75 Å². The molecule has 0 saturated heterocycles. The molecule has 122 valence electrons. The molecule has 23 heavy (non-hydrogen) atoms. The summed E-state index contributed by atoms with van der Waals surface area (Å²) in [5.41, 5.74) is 0.751. The van der Waals surface area contributed by atoms with E-state index in [1.54, 1.807) is 12.1 Å². The van der Waals surface area contributed by atoms with Crippen molar-refractivity contribution in [3.05, 3.63) is 58.1 Å². The molecule has 2 aromatic rings. The molecule has 0 unspecified atom stereocenters. The third kappa shape index (κ3) is 3.78. The number of nitrogens with one attached hydrogen (secondary N) is 1. The Bertz CT molecular complexity index is 829. The van der Waals surface area contributed by atoms with Gasteiger partial charge in [0.2, 0.25) is 0 Å². The van der Waals surface area contributed by atoms with Crippen LogP contribution >= 0.6 is 0 Å². The predicted octanol–water partition coefficient (Wildman–Crippen LogP) is 3.22. The second-order valence-electron chi connectivity index (χ2n) is 5.29. The van der Waals surface area contributed by atoms with Crippen LogP contribution in [-0.4, -0.2) is 18.4 Å². The third-order valence-electron chi connectivity index (χ3n) is 3.28. The lowest BCUT2D eigenvalue weighted by Gasteiger charge is -2.10. The smallest absolute Gasteiger partial charge is 0.312 e. The number of aromatic hydroxyl groups is 1. The van der Waals surface area contributed by atoms with Gasteiger partial charge in [0.1, 0.15) is 0 Å². The van der Waals surface area contributed by atoms with Gasteiger partial charge in [-0.05, 0) is 35.7 Å². The SMILES string of the molecule is CC(C)c1ccc(NS(=O)(=O)c2ccc(O)c([N+](=O)[O-])c2)cc1. The van der Waals surface area contributed by atoms with E-state index >= 15 is 0 Å². The van der Waals surface area contributed by atoms with Crippen LogP contribution in [-0.2, 0) is 10.0 Å². The Balaban J connectivity index is 2.32. The number of phenolic OH excluding ortho intramolecular Hbond substituents is 1. The minimum atomic E-state index is -3.98. The quantitative estimate of drug-likeness (QED) is 0.643. The van der Waals surface area contributed by atoms with Gasteiger partial charge in [-0.25, -0.2) is 8.42 Å². The first-order valence-electron chi connectivity index (χ1n) is 6.81. The summed E-state index contributed by atoms with van der Waals surface area (Å²) in [5.74, 6) is -0.268. The van der Waals surface area contributed by atoms with Crippen molar-refractivity contribution in [3.63, 3.8) is 0 Å². The highest BCUT2D eigenvalue weighted by Gasteiger charge is 2.21. The summed E-state index contributed by atoms with van der Waals surface area (Å²) in [6.07, 6.45) is 0. The van der Waals surface area contributed by atoms with Crippen molar-refractivity contribution in [2.24, 2.45) is 0 Å². The summed E-state index contributed by atoms with van der Waals surface area (Å²) in [7, 11) is -3.98. The van der Waals surface area contributed by atoms with Gasteiger partial charge in [0.15, 0.2) is 5.75 Å². The number of anilines is 1. The van der Waals surface area contributed by atoms with Crippen molar-refractivity contribution in [3.8, 4) is 5.75 Å². The van der Waals surface area contributed by atoms with Gasteiger partial charge in [-0.2, -0.15) is 0 Å². The Morgan fingerprint density at radius 1 is 1.13 bits per heavy atom.